The second-order valence-electron chi connectivity index (χ2n) is 5.81. The first-order valence-corrected chi connectivity index (χ1v) is 7.86. The van der Waals surface area contributed by atoms with Crippen LogP contribution in [0.5, 0.6) is 11.5 Å². The molecule has 20 heavy (non-hydrogen) atoms. The van der Waals surface area contributed by atoms with Crippen LogP contribution in [0.25, 0.3) is 0 Å². The van der Waals surface area contributed by atoms with Crippen LogP contribution in [0.3, 0.4) is 0 Å². The van der Waals surface area contributed by atoms with Crippen molar-refractivity contribution in [3.05, 3.63) is 22.7 Å². The molecule has 1 aromatic carbocycles. The monoisotopic (exact) mass is 295 g/mol. The van der Waals surface area contributed by atoms with E-state index in [1.165, 1.54) is 18.4 Å². The van der Waals surface area contributed by atoms with Crippen molar-refractivity contribution in [1.29, 1.82) is 0 Å². The molecular formula is C16H22ClNO2. The van der Waals surface area contributed by atoms with Crippen molar-refractivity contribution in [3.8, 4) is 11.5 Å². The molecule has 1 saturated carbocycles. The molecule has 0 radical (unpaired) electrons. The molecule has 0 amide bonds. The van der Waals surface area contributed by atoms with E-state index < -0.39 is 0 Å². The lowest BCUT2D eigenvalue weighted by atomic mass is 9.90. The fourth-order valence-corrected chi connectivity index (χ4v) is 3.03. The first-order valence-electron chi connectivity index (χ1n) is 7.49. The summed E-state index contributed by atoms with van der Waals surface area (Å²) >= 11 is 6.42. The van der Waals surface area contributed by atoms with E-state index in [0.29, 0.717) is 22.6 Å². The molecule has 1 aliphatic carbocycles. The minimum Gasteiger partial charge on any atom is -0.493 e. The summed E-state index contributed by atoms with van der Waals surface area (Å²) in [6.45, 7) is 2.90. The molecule has 1 saturated heterocycles. The molecule has 3 rings (SSSR count). The van der Waals surface area contributed by atoms with E-state index in [9.17, 15) is 0 Å². The molecular weight excluding hydrogens is 274 g/mol. The van der Waals surface area contributed by atoms with Gasteiger partial charge in [0.25, 0.3) is 0 Å². The molecule has 2 aliphatic rings. The largest absolute Gasteiger partial charge is 0.493 e. The number of halogens is 1. The zero-order valence-electron chi connectivity index (χ0n) is 12.0. The summed E-state index contributed by atoms with van der Waals surface area (Å²) in [5.74, 6) is 2.76. The van der Waals surface area contributed by atoms with Gasteiger partial charge in [-0.1, -0.05) is 11.6 Å². The van der Waals surface area contributed by atoms with E-state index >= 15 is 0 Å². The molecule has 1 aromatic rings. The van der Waals surface area contributed by atoms with Crippen molar-refractivity contribution >= 4 is 11.6 Å². The van der Waals surface area contributed by atoms with Crippen LogP contribution >= 0.6 is 11.6 Å². The zero-order chi connectivity index (χ0) is 13.9. The third-order valence-electron chi connectivity index (χ3n) is 4.22. The molecule has 0 spiro atoms. The highest BCUT2D eigenvalue weighted by molar-refractivity contribution is 6.32. The number of hydrogen-bond acceptors (Lipinski definition) is 3. The van der Waals surface area contributed by atoms with Crippen molar-refractivity contribution < 1.29 is 9.47 Å². The Morgan fingerprint density at radius 1 is 1.20 bits per heavy atom. The van der Waals surface area contributed by atoms with Crippen LogP contribution in [0.1, 0.15) is 37.2 Å². The number of piperidine rings is 1. The molecule has 1 N–H and O–H groups in total. The minimum absolute atomic E-state index is 0.570. The number of nitrogens with one attached hydrogen (secondary N) is 1. The lowest BCUT2D eigenvalue weighted by Crippen LogP contribution is -2.26. The Bertz CT molecular complexity index is 468. The Morgan fingerprint density at radius 3 is 2.60 bits per heavy atom. The van der Waals surface area contributed by atoms with Gasteiger partial charge in [0.15, 0.2) is 11.5 Å². The maximum Gasteiger partial charge on any atom is 0.179 e. The van der Waals surface area contributed by atoms with Gasteiger partial charge in [0.1, 0.15) is 0 Å². The van der Waals surface area contributed by atoms with Crippen molar-refractivity contribution in [2.45, 2.75) is 31.6 Å². The lowest BCUT2D eigenvalue weighted by molar-refractivity contribution is 0.280. The zero-order valence-corrected chi connectivity index (χ0v) is 12.7. The van der Waals surface area contributed by atoms with Gasteiger partial charge >= 0.3 is 0 Å². The van der Waals surface area contributed by atoms with Gasteiger partial charge in [0, 0.05) is 0 Å². The fourth-order valence-electron chi connectivity index (χ4n) is 2.76. The van der Waals surface area contributed by atoms with Crippen LogP contribution in [0.4, 0.5) is 0 Å². The second kappa shape index (κ2) is 6.23. The first-order chi connectivity index (χ1) is 9.78. The summed E-state index contributed by atoms with van der Waals surface area (Å²) in [6.07, 6.45) is 4.85. The highest BCUT2D eigenvalue weighted by Crippen LogP contribution is 2.41. The summed E-state index contributed by atoms with van der Waals surface area (Å²) in [5.41, 5.74) is 1.27. The average molecular weight is 296 g/mol. The van der Waals surface area contributed by atoms with Gasteiger partial charge in [-0.3, -0.25) is 0 Å². The summed E-state index contributed by atoms with van der Waals surface area (Å²) in [5, 5.41) is 4.07. The SMILES string of the molecule is COc1cc(C2CCNCC2)cc(Cl)c1OCC1CC1. The number of rotatable bonds is 5. The normalized spacial score (nSPS) is 19.9. The Labute approximate surface area is 125 Å². The van der Waals surface area contributed by atoms with Crippen LogP contribution in [0, 0.1) is 5.92 Å². The number of methoxy groups -OCH3 is 1. The van der Waals surface area contributed by atoms with Crippen molar-refractivity contribution in [1.82, 2.24) is 5.32 Å². The van der Waals surface area contributed by atoms with E-state index in [0.717, 1.165) is 38.3 Å². The highest BCUT2D eigenvalue weighted by Gasteiger charge is 2.24. The maximum atomic E-state index is 6.42. The van der Waals surface area contributed by atoms with Gasteiger partial charge in [-0.15, -0.1) is 0 Å². The molecule has 110 valence electrons. The van der Waals surface area contributed by atoms with Gasteiger partial charge in [0.2, 0.25) is 0 Å². The van der Waals surface area contributed by atoms with E-state index in [1.807, 2.05) is 0 Å². The quantitative estimate of drug-likeness (QED) is 0.900. The van der Waals surface area contributed by atoms with Crippen LogP contribution in [-0.2, 0) is 0 Å². The lowest BCUT2D eigenvalue weighted by Gasteiger charge is -2.24. The van der Waals surface area contributed by atoms with Gasteiger partial charge in [-0.05, 0) is 68.3 Å². The molecule has 1 aliphatic heterocycles. The van der Waals surface area contributed by atoms with Crippen LogP contribution in [-0.4, -0.2) is 26.8 Å². The Kier molecular flexibility index (Phi) is 4.37. The molecule has 4 heteroatoms. The van der Waals surface area contributed by atoms with E-state index in [1.54, 1.807) is 7.11 Å². The summed E-state index contributed by atoms with van der Waals surface area (Å²) < 4.78 is 11.3. The molecule has 1 heterocycles. The van der Waals surface area contributed by atoms with E-state index in [4.69, 9.17) is 21.1 Å². The van der Waals surface area contributed by atoms with Gasteiger partial charge < -0.3 is 14.8 Å². The maximum absolute atomic E-state index is 6.42. The standard InChI is InChI=1S/C16H22ClNO2/c1-19-15-9-13(12-4-6-18-7-5-12)8-14(17)16(15)20-10-11-2-3-11/h8-9,11-12,18H,2-7,10H2,1H3. The van der Waals surface area contributed by atoms with Crippen LogP contribution in [0.15, 0.2) is 12.1 Å². The molecule has 0 unspecified atom stereocenters. The van der Waals surface area contributed by atoms with E-state index in [2.05, 4.69) is 17.4 Å². The van der Waals surface area contributed by atoms with Crippen molar-refractivity contribution in [2.75, 3.05) is 26.8 Å². The van der Waals surface area contributed by atoms with Gasteiger partial charge in [-0.2, -0.15) is 0 Å². The van der Waals surface area contributed by atoms with Gasteiger partial charge in [0.05, 0.1) is 18.7 Å². The van der Waals surface area contributed by atoms with Crippen molar-refractivity contribution in [3.63, 3.8) is 0 Å². The smallest absolute Gasteiger partial charge is 0.179 e. The average Bonchev–Trinajstić information content (AvgIpc) is 3.30. The Balaban J connectivity index is 1.79. The molecule has 0 aromatic heterocycles. The van der Waals surface area contributed by atoms with Gasteiger partial charge in [-0.25, -0.2) is 0 Å². The Morgan fingerprint density at radius 2 is 1.95 bits per heavy atom. The topological polar surface area (TPSA) is 30.5 Å². The summed E-state index contributed by atoms with van der Waals surface area (Å²) in [6, 6.07) is 4.16. The molecule has 0 atom stereocenters. The minimum atomic E-state index is 0.570. The number of ether oxygens (including phenoxy) is 2. The first kappa shape index (κ1) is 14.0. The fraction of sp³-hybridized carbons (Fsp3) is 0.625. The predicted octanol–water partition coefficient (Wildman–Crippen LogP) is 3.60. The highest BCUT2D eigenvalue weighted by atomic mass is 35.5. The van der Waals surface area contributed by atoms with Crippen molar-refractivity contribution in [2.24, 2.45) is 5.92 Å². The molecule has 3 nitrogen and oxygen atoms in total. The predicted molar refractivity (Wildman–Crippen MR) is 81.1 cm³/mol. The molecule has 2 fully saturated rings. The molecule has 0 bridgehead atoms. The summed E-state index contributed by atoms with van der Waals surface area (Å²) in [7, 11) is 1.68. The second-order valence-corrected chi connectivity index (χ2v) is 6.22. The van der Waals surface area contributed by atoms with Crippen LogP contribution in [0.2, 0.25) is 5.02 Å². The number of benzene rings is 1. The number of hydrogen-bond donors (Lipinski definition) is 1. The Hall–Kier alpha value is -0.930. The van der Waals surface area contributed by atoms with Crippen LogP contribution < -0.4 is 14.8 Å². The van der Waals surface area contributed by atoms with E-state index in [-0.39, 0.29) is 0 Å². The third kappa shape index (κ3) is 3.21. The third-order valence-corrected chi connectivity index (χ3v) is 4.50. The summed E-state index contributed by atoms with van der Waals surface area (Å²) in [4.78, 5) is 0.